The van der Waals surface area contributed by atoms with Crippen molar-refractivity contribution in [1.82, 2.24) is 4.57 Å². The summed E-state index contributed by atoms with van der Waals surface area (Å²) >= 11 is 1.16. The summed E-state index contributed by atoms with van der Waals surface area (Å²) in [6, 6.07) is 10.0. The Labute approximate surface area is 119 Å². The average molecular weight is 290 g/mol. The SMILES string of the molecule is O=C(O)Cn1c2c(sc1=O)CN(c1ccccc1)CC2. The van der Waals surface area contributed by atoms with Gasteiger partial charge in [-0.15, -0.1) is 0 Å². The number of para-hydroxylation sites is 1. The fourth-order valence-electron chi connectivity index (χ4n) is 2.53. The Balaban J connectivity index is 1.90. The highest BCUT2D eigenvalue weighted by molar-refractivity contribution is 7.09. The van der Waals surface area contributed by atoms with Crippen LogP contribution in [0.2, 0.25) is 0 Å². The number of thiazole rings is 1. The minimum absolute atomic E-state index is 0.174. The third kappa shape index (κ3) is 2.34. The second kappa shape index (κ2) is 5.13. The number of aliphatic carboxylic acids is 1. The Morgan fingerprint density at radius 3 is 2.75 bits per heavy atom. The number of benzene rings is 1. The van der Waals surface area contributed by atoms with Crippen molar-refractivity contribution in [2.24, 2.45) is 0 Å². The van der Waals surface area contributed by atoms with E-state index in [0.29, 0.717) is 13.0 Å². The standard InChI is InChI=1S/C14H14N2O3S/c17-13(18)9-16-11-6-7-15(8-12(11)20-14(16)19)10-4-2-1-3-5-10/h1-5H,6-9H2,(H,17,18). The number of aromatic nitrogens is 1. The molecule has 3 rings (SSSR count). The smallest absolute Gasteiger partial charge is 0.323 e. The Morgan fingerprint density at radius 2 is 2.05 bits per heavy atom. The van der Waals surface area contributed by atoms with Gasteiger partial charge in [-0.3, -0.25) is 14.2 Å². The topological polar surface area (TPSA) is 62.5 Å². The van der Waals surface area contributed by atoms with Crippen LogP contribution in [0.3, 0.4) is 0 Å². The maximum Gasteiger partial charge on any atom is 0.323 e. The van der Waals surface area contributed by atoms with E-state index in [1.165, 1.54) is 4.57 Å². The number of hydrogen-bond acceptors (Lipinski definition) is 4. The molecule has 1 aliphatic rings. The monoisotopic (exact) mass is 290 g/mol. The molecule has 20 heavy (non-hydrogen) atoms. The molecule has 0 amide bonds. The molecule has 0 aliphatic carbocycles. The third-order valence-electron chi connectivity index (χ3n) is 3.45. The maximum atomic E-state index is 11.9. The van der Waals surface area contributed by atoms with Crippen LogP contribution in [0.15, 0.2) is 35.1 Å². The fourth-order valence-corrected chi connectivity index (χ4v) is 3.57. The lowest BCUT2D eigenvalue weighted by molar-refractivity contribution is -0.137. The van der Waals surface area contributed by atoms with Gasteiger partial charge in [-0.05, 0) is 12.1 Å². The van der Waals surface area contributed by atoms with E-state index in [9.17, 15) is 9.59 Å². The number of hydrogen-bond donors (Lipinski definition) is 1. The van der Waals surface area contributed by atoms with Crippen molar-refractivity contribution >= 4 is 23.0 Å². The lowest BCUT2D eigenvalue weighted by Crippen LogP contribution is -2.31. The van der Waals surface area contributed by atoms with Crippen LogP contribution < -0.4 is 9.77 Å². The zero-order valence-corrected chi connectivity index (χ0v) is 11.6. The lowest BCUT2D eigenvalue weighted by Gasteiger charge is -2.29. The highest BCUT2D eigenvalue weighted by Crippen LogP contribution is 2.25. The molecule has 1 aliphatic heterocycles. The first-order valence-corrected chi connectivity index (χ1v) is 7.20. The summed E-state index contributed by atoms with van der Waals surface area (Å²) < 4.78 is 1.39. The van der Waals surface area contributed by atoms with E-state index in [1.54, 1.807) is 0 Å². The number of fused-ring (bicyclic) bond motifs is 1. The van der Waals surface area contributed by atoms with Gasteiger partial charge in [0.1, 0.15) is 6.54 Å². The van der Waals surface area contributed by atoms with Gasteiger partial charge < -0.3 is 10.0 Å². The second-order valence-corrected chi connectivity index (χ2v) is 5.77. The summed E-state index contributed by atoms with van der Waals surface area (Å²) in [5, 5.41) is 8.88. The number of rotatable bonds is 3. The molecule has 0 spiro atoms. The Kier molecular flexibility index (Phi) is 3.31. The molecule has 104 valence electrons. The zero-order valence-electron chi connectivity index (χ0n) is 10.8. The molecular weight excluding hydrogens is 276 g/mol. The molecule has 0 saturated heterocycles. The lowest BCUT2D eigenvalue weighted by atomic mass is 10.1. The quantitative estimate of drug-likeness (QED) is 0.932. The van der Waals surface area contributed by atoms with Crippen molar-refractivity contribution in [2.75, 3.05) is 11.4 Å². The average Bonchev–Trinajstić information content (AvgIpc) is 2.75. The first kappa shape index (κ1) is 12.9. The molecule has 0 radical (unpaired) electrons. The van der Waals surface area contributed by atoms with Gasteiger partial charge in [0.05, 0.1) is 6.54 Å². The molecule has 2 heterocycles. The van der Waals surface area contributed by atoms with E-state index >= 15 is 0 Å². The third-order valence-corrected chi connectivity index (χ3v) is 4.45. The molecule has 1 N–H and O–H groups in total. The van der Waals surface area contributed by atoms with Crippen LogP contribution in [-0.2, 0) is 24.3 Å². The van der Waals surface area contributed by atoms with Crippen LogP contribution in [0, 0.1) is 0 Å². The molecular formula is C14H14N2O3S. The summed E-state index contributed by atoms with van der Waals surface area (Å²) in [5.74, 6) is -0.974. The van der Waals surface area contributed by atoms with Crippen LogP contribution >= 0.6 is 11.3 Å². The van der Waals surface area contributed by atoms with Crippen molar-refractivity contribution in [3.63, 3.8) is 0 Å². The van der Waals surface area contributed by atoms with Crippen molar-refractivity contribution in [1.29, 1.82) is 0 Å². The van der Waals surface area contributed by atoms with Gasteiger partial charge in [-0.2, -0.15) is 0 Å². The normalized spacial score (nSPS) is 14.1. The summed E-state index contributed by atoms with van der Waals surface area (Å²) in [7, 11) is 0. The highest BCUT2D eigenvalue weighted by atomic mass is 32.1. The highest BCUT2D eigenvalue weighted by Gasteiger charge is 2.23. The molecule has 0 atom stereocenters. The molecule has 1 aromatic heterocycles. The van der Waals surface area contributed by atoms with Crippen molar-refractivity contribution in [3.8, 4) is 0 Å². The molecule has 0 fully saturated rings. The van der Waals surface area contributed by atoms with E-state index in [2.05, 4.69) is 4.90 Å². The van der Waals surface area contributed by atoms with Crippen LogP contribution in [0.1, 0.15) is 10.6 Å². The number of carboxylic acid groups (broad SMARTS) is 1. The summed E-state index contributed by atoms with van der Waals surface area (Å²) in [6.07, 6.45) is 0.705. The summed E-state index contributed by atoms with van der Waals surface area (Å²) in [6.45, 7) is 1.23. The van der Waals surface area contributed by atoms with Gasteiger partial charge >= 0.3 is 10.8 Å². The first-order valence-electron chi connectivity index (χ1n) is 6.38. The number of nitrogens with zero attached hydrogens (tertiary/aromatic N) is 2. The molecule has 0 saturated carbocycles. The molecule has 6 heteroatoms. The van der Waals surface area contributed by atoms with Crippen LogP contribution in [0.4, 0.5) is 5.69 Å². The van der Waals surface area contributed by atoms with Crippen molar-refractivity contribution < 1.29 is 9.90 Å². The van der Waals surface area contributed by atoms with Crippen LogP contribution in [0.5, 0.6) is 0 Å². The van der Waals surface area contributed by atoms with Gasteiger partial charge in [0.2, 0.25) is 0 Å². The second-order valence-electron chi connectivity index (χ2n) is 4.72. The van der Waals surface area contributed by atoms with E-state index < -0.39 is 5.97 Å². The van der Waals surface area contributed by atoms with E-state index in [1.807, 2.05) is 30.3 Å². The Hall–Kier alpha value is -2.08. The molecule has 0 unspecified atom stereocenters. The maximum absolute atomic E-state index is 11.9. The van der Waals surface area contributed by atoms with Gasteiger partial charge in [0.25, 0.3) is 0 Å². The number of anilines is 1. The van der Waals surface area contributed by atoms with E-state index in [4.69, 9.17) is 5.11 Å². The number of carboxylic acids is 1. The Morgan fingerprint density at radius 1 is 1.30 bits per heavy atom. The molecule has 5 nitrogen and oxygen atoms in total. The molecule has 0 bridgehead atoms. The minimum atomic E-state index is -0.974. The van der Waals surface area contributed by atoms with Gasteiger partial charge in [-0.1, -0.05) is 29.5 Å². The van der Waals surface area contributed by atoms with E-state index in [-0.39, 0.29) is 11.4 Å². The number of carbonyl (C=O) groups is 1. The van der Waals surface area contributed by atoms with Crippen molar-refractivity contribution in [2.45, 2.75) is 19.5 Å². The Bertz CT molecular complexity index is 690. The first-order chi connectivity index (χ1) is 9.65. The largest absolute Gasteiger partial charge is 0.480 e. The minimum Gasteiger partial charge on any atom is -0.480 e. The van der Waals surface area contributed by atoms with E-state index in [0.717, 1.165) is 34.1 Å². The van der Waals surface area contributed by atoms with Gasteiger partial charge in [0, 0.05) is 29.2 Å². The van der Waals surface area contributed by atoms with Gasteiger partial charge in [-0.25, -0.2) is 0 Å². The molecule has 2 aromatic rings. The van der Waals surface area contributed by atoms with Crippen LogP contribution in [-0.4, -0.2) is 22.2 Å². The predicted octanol–water partition coefficient (Wildman–Crippen LogP) is 1.56. The zero-order chi connectivity index (χ0) is 14.1. The fraction of sp³-hybridized carbons (Fsp3) is 0.286. The predicted molar refractivity (Wildman–Crippen MR) is 77.4 cm³/mol. The summed E-state index contributed by atoms with van der Waals surface area (Å²) in [4.78, 5) is 25.7. The molecule has 1 aromatic carbocycles. The van der Waals surface area contributed by atoms with Crippen molar-refractivity contribution in [3.05, 3.63) is 50.6 Å². The summed E-state index contributed by atoms with van der Waals surface area (Å²) in [5.41, 5.74) is 2.01. The van der Waals surface area contributed by atoms with Crippen LogP contribution in [0.25, 0.3) is 0 Å². The van der Waals surface area contributed by atoms with Gasteiger partial charge in [0.15, 0.2) is 0 Å².